The van der Waals surface area contributed by atoms with Gasteiger partial charge in [-0.05, 0) is 43.4 Å². The molecule has 1 aromatic rings. The van der Waals surface area contributed by atoms with Crippen LogP contribution in [0.5, 0.6) is 0 Å². The lowest BCUT2D eigenvalue weighted by Gasteiger charge is -2.29. The van der Waals surface area contributed by atoms with E-state index in [1.54, 1.807) is 18.2 Å². The van der Waals surface area contributed by atoms with Crippen molar-refractivity contribution < 1.29 is 8.42 Å². The largest absolute Gasteiger partial charge is 0.330 e. The molecule has 1 aliphatic carbocycles. The fraction of sp³-hybridized carbons (Fsp3) is 0.533. The highest BCUT2D eigenvalue weighted by Crippen LogP contribution is 2.30. The highest BCUT2D eigenvalue weighted by molar-refractivity contribution is 7.90. The minimum atomic E-state index is -3.43. The summed E-state index contributed by atoms with van der Waals surface area (Å²) in [5, 5.41) is 0. The third kappa shape index (κ3) is 2.82. The molecule has 3 N–H and O–H groups in total. The van der Waals surface area contributed by atoms with E-state index >= 15 is 0 Å². The van der Waals surface area contributed by atoms with Crippen LogP contribution in [0.25, 0.3) is 0 Å². The Kier molecular flexibility index (Phi) is 3.99. The number of sulfonamides is 1. The minimum absolute atomic E-state index is 0.322. The van der Waals surface area contributed by atoms with Crippen LogP contribution in [-0.4, -0.2) is 27.3 Å². The number of aliphatic imine (C=N–C) groups is 1. The molecule has 2 atom stereocenters. The van der Waals surface area contributed by atoms with Gasteiger partial charge in [0.2, 0.25) is 0 Å². The van der Waals surface area contributed by atoms with Crippen molar-refractivity contribution in [2.45, 2.75) is 30.6 Å². The van der Waals surface area contributed by atoms with Gasteiger partial charge in [0.1, 0.15) is 5.84 Å². The van der Waals surface area contributed by atoms with Gasteiger partial charge in [0, 0.05) is 12.1 Å². The Morgan fingerprint density at radius 1 is 1.19 bits per heavy atom. The zero-order valence-corrected chi connectivity index (χ0v) is 12.8. The molecule has 2 unspecified atom stereocenters. The van der Waals surface area contributed by atoms with Crippen LogP contribution in [0.2, 0.25) is 0 Å². The molecule has 0 aromatic heterocycles. The third-order valence-corrected chi connectivity index (χ3v) is 5.91. The Hall–Kier alpha value is -1.40. The number of fused-ring (bicyclic) bond motifs is 1. The molecule has 0 saturated heterocycles. The molecule has 114 valence electrons. The van der Waals surface area contributed by atoms with E-state index < -0.39 is 10.0 Å². The quantitative estimate of drug-likeness (QED) is 0.887. The first-order chi connectivity index (χ1) is 10.1. The lowest BCUT2D eigenvalue weighted by Crippen LogP contribution is -2.30. The first-order valence-electron chi connectivity index (χ1n) is 7.48. The highest BCUT2D eigenvalue weighted by Gasteiger charge is 2.31. The standard InChI is InChI=1S/C15H21N3O2S/c16-9-11-5-1-2-6-12(11)10-17-15-13-7-3-4-8-14(13)21(19,20)18-15/h3-4,7-8,11-12H,1-2,5-6,9-10,16H2,(H,17,18). The van der Waals surface area contributed by atoms with Crippen LogP contribution < -0.4 is 10.5 Å². The lowest BCUT2D eigenvalue weighted by atomic mass is 9.79. The number of hydrogen-bond donors (Lipinski definition) is 2. The SMILES string of the molecule is NCC1CCCCC1CN=C1NS(=O)(=O)c2ccccc21. The van der Waals surface area contributed by atoms with Gasteiger partial charge in [0.05, 0.1) is 4.90 Å². The van der Waals surface area contributed by atoms with Crippen molar-refractivity contribution in [3.05, 3.63) is 29.8 Å². The number of benzene rings is 1. The summed E-state index contributed by atoms with van der Waals surface area (Å²) in [6, 6.07) is 6.98. The molecule has 1 saturated carbocycles. The molecule has 0 bridgehead atoms. The van der Waals surface area contributed by atoms with Crippen molar-refractivity contribution in [1.29, 1.82) is 0 Å². The molecule has 6 heteroatoms. The highest BCUT2D eigenvalue weighted by atomic mass is 32.2. The molecule has 3 rings (SSSR count). The number of nitrogens with one attached hydrogen (secondary N) is 1. The van der Waals surface area contributed by atoms with Crippen LogP contribution in [0.4, 0.5) is 0 Å². The summed E-state index contributed by atoms with van der Waals surface area (Å²) in [6.45, 7) is 1.34. The maximum Gasteiger partial charge on any atom is 0.263 e. The maximum atomic E-state index is 12.0. The van der Waals surface area contributed by atoms with E-state index in [9.17, 15) is 8.42 Å². The molecule has 1 aliphatic heterocycles. The molecular weight excluding hydrogens is 286 g/mol. The normalized spacial score (nSPS) is 29.1. The average molecular weight is 307 g/mol. The van der Waals surface area contributed by atoms with E-state index in [2.05, 4.69) is 9.71 Å². The molecule has 1 aromatic carbocycles. The number of nitrogens with two attached hydrogens (primary N) is 1. The molecule has 0 spiro atoms. The number of hydrogen-bond acceptors (Lipinski definition) is 4. The molecule has 0 amide bonds. The van der Waals surface area contributed by atoms with Gasteiger partial charge in [0.25, 0.3) is 10.0 Å². The van der Waals surface area contributed by atoms with Crippen molar-refractivity contribution in [1.82, 2.24) is 4.72 Å². The Morgan fingerprint density at radius 3 is 2.67 bits per heavy atom. The predicted molar refractivity (Wildman–Crippen MR) is 82.7 cm³/mol. The summed E-state index contributed by atoms with van der Waals surface area (Å²) >= 11 is 0. The summed E-state index contributed by atoms with van der Waals surface area (Å²) in [5.41, 5.74) is 6.52. The lowest BCUT2D eigenvalue weighted by molar-refractivity contribution is 0.250. The number of amidine groups is 1. The minimum Gasteiger partial charge on any atom is -0.330 e. The van der Waals surface area contributed by atoms with Gasteiger partial charge in [-0.3, -0.25) is 9.71 Å². The van der Waals surface area contributed by atoms with E-state index in [1.807, 2.05) is 6.07 Å². The van der Waals surface area contributed by atoms with E-state index in [1.165, 1.54) is 12.8 Å². The second-order valence-corrected chi connectivity index (χ2v) is 7.48. The van der Waals surface area contributed by atoms with Crippen LogP contribution >= 0.6 is 0 Å². The summed E-state index contributed by atoms with van der Waals surface area (Å²) in [6.07, 6.45) is 4.75. The Morgan fingerprint density at radius 2 is 1.90 bits per heavy atom. The molecule has 1 heterocycles. The fourth-order valence-electron chi connectivity index (χ4n) is 3.29. The zero-order valence-electron chi connectivity index (χ0n) is 12.0. The van der Waals surface area contributed by atoms with Gasteiger partial charge in [-0.2, -0.15) is 0 Å². The third-order valence-electron chi connectivity index (χ3n) is 4.52. The second kappa shape index (κ2) is 5.77. The monoisotopic (exact) mass is 307 g/mol. The fourth-order valence-corrected chi connectivity index (χ4v) is 4.55. The first kappa shape index (κ1) is 14.5. The van der Waals surface area contributed by atoms with Crippen molar-refractivity contribution in [2.75, 3.05) is 13.1 Å². The van der Waals surface area contributed by atoms with Gasteiger partial charge in [-0.1, -0.05) is 25.0 Å². The van der Waals surface area contributed by atoms with E-state index in [0.717, 1.165) is 12.8 Å². The molecular formula is C15H21N3O2S. The van der Waals surface area contributed by atoms with Crippen molar-refractivity contribution in [3.63, 3.8) is 0 Å². The Bertz CT molecular complexity index is 655. The van der Waals surface area contributed by atoms with Crippen molar-refractivity contribution in [2.24, 2.45) is 22.6 Å². The maximum absolute atomic E-state index is 12.0. The van der Waals surface area contributed by atoms with Crippen molar-refractivity contribution in [3.8, 4) is 0 Å². The molecule has 0 radical (unpaired) electrons. The van der Waals surface area contributed by atoms with Gasteiger partial charge in [-0.25, -0.2) is 8.42 Å². The summed E-state index contributed by atoms with van der Waals surface area (Å²) in [4.78, 5) is 4.87. The van der Waals surface area contributed by atoms with Crippen LogP contribution in [0.1, 0.15) is 31.2 Å². The number of rotatable bonds is 3. The van der Waals surface area contributed by atoms with Crippen LogP contribution in [-0.2, 0) is 10.0 Å². The van der Waals surface area contributed by atoms with E-state index in [4.69, 9.17) is 5.73 Å². The van der Waals surface area contributed by atoms with Gasteiger partial charge >= 0.3 is 0 Å². The Balaban J connectivity index is 1.82. The predicted octanol–water partition coefficient (Wildman–Crippen LogP) is 1.49. The average Bonchev–Trinajstić information content (AvgIpc) is 2.77. The van der Waals surface area contributed by atoms with Crippen LogP contribution in [0.15, 0.2) is 34.2 Å². The first-order valence-corrected chi connectivity index (χ1v) is 8.97. The smallest absolute Gasteiger partial charge is 0.263 e. The Labute approximate surface area is 125 Å². The molecule has 2 aliphatic rings. The molecule has 1 fully saturated rings. The van der Waals surface area contributed by atoms with Crippen LogP contribution in [0.3, 0.4) is 0 Å². The summed E-state index contributed by atoms with van der Waals surface area (Å²) in [5.74, 6) is 1.46. The van der Waals surface area contributed by atoms with Crippen LogP contribution in [0, 0.1) is 11.8 Å². The second-order valence-electron chi connectivity index (χ2n) is 5.83. The van der Waals surface area contributed by atoms with Gasteiger partial charge in [-0.15, -0.1) is 0 Å². The summed E-state index contributed by atoms with van der Waals surface area (Å²) < 4.78 is 26.6. The molecule has 21 heavy (non-hydrogen) atoms. The zero-order chi connectivity index (χ0) is 14.9. The summed E-state index contributed by atoms with van der Waals surface area (Å²) in [7, 11) is -3.43. The number of nitrogens with zero attached hydrogens (tertiary/aromatic N) is 1. The van der Waals surface area contributed by atoms with Crippen molar-refractivity contribution >= 4 is 15.9 Å². The van der Waals surface area contributed by atoms with Gasteiger partial charge in [0.15, 0.2) is 0 Å². The topological polar surface area (TPSA) is 84.5 Å². The van der Waals surface area contributed by atoms with Gasteiger partial charge < -0.3 is 5.73 Å². The van der Waals surface area contributed by atoms with E-state index in [0.29, 0.717) is 41.2 Å². The van der Waals surface area contributed by atoms with E-state index in [-0.39, 0.29) is 0 Å². The molecule has 5 nitrogen and oxygen atoms in total.